The Morgan fingerprint density at radius 1 is 1.12 bits per heavy atom. The topological polar surface area (TPSA) is 93.1 Å². The van der Waals surface area contributed by atoms with Crippen LogP contribution in [0.5, 0.6) is 0 Å². The number of hydrogen-bond donors (Lipinski definition) is 2. The molecule has 0 spiro atoms. The van der Waals surface area contributed by atoms with E-state index in [0.717, 1.165) is 17.5 Å². The molecule has 1 heterocycles. The number of amides is 1. The van der Waals surface area contributed by atoms with E-state index in [-0.39, 0.29) is 12.5 Å². The van der Waals surface area contributed by atoms with Crippen LogP contribution < -0.4 is 10.0 Å². The number of nitrogens with zero attached hydrogens (tertiary/aromatic N) is 2. The van der Waals surface area contributed by atoms with Gasteiger partial charge in [-0.2, -0.15) is 0 Å². The predicted molar refractivity (Wildman–Crippen MR) is 99.6 cm³/mol. The predicted octanol–water partition coefficient (Wildman–Crippen LogP) is 2.17. The summed E-state index contributed by atoms with van der Waals surface area (Å²) in [5.41, 5.74) is 2.49. The maximum absolute atomic E-state index is 12.5. The van der Waals surface area contributed by atoms with Crippen LogP contribution in [0.15, 0.2) is 67.1 Å². The van der Waals surface area contributed by atoms with Crippen molar-refractivity contribution in [1.82, 2.24) is 14.9 Å². The number of sulfonamides is 1. The lowest BCUT2D eigenvalue weighted by Gasteiger charge is -2.10. The summed E-state index contributed by atoms with van der Waals surface area (Å²) in [5, 5.41) is 2.82. The molecule has 8 heteroatoms. The zero-order chi connectivity index (χ0) is 18.6. The van der Waals surface area contributed by atoms with Crippen molar-refractivity contribution in [3.8, 4) is 5.69 Å². The fraction of sp³-hybridized carbons (Fsp3) is 0.111. The van der Waals surface area contributed by atoms with Crippen molar-refractivity contribution >= 4 is 21.6 Å². The zero-order valence-corrected chi connectivity index (χ0v) is 14.9. The molecule has 3 aromatic rings. The van der Waals surface area contributed by atoms with E-state index < -0.39 is 10.0 Å². The SMILES string of the molecule is CS(=O)(=O)Nc1cccc(CNC(=O)c2cncn2-c2ccccc2)c1. The summed E-state index contributed by atoms with van der Waals surface area (Å²) in [6.45, 7) is 0.262. The van der Waals surface area contributed by atoms with Crippen LogP contribution in [-0.2, 0) is 16.6 Å². The molecule has 0 bridgehead atoms. The van der Waals surface area contributed by atoms with Crippen molar-refractivity contribution in [2.45, 2.75) is 6.54 Å². The van der Waals surface area contributed by atoms with Crippen LogP contribution in [0.3, 0.4) is 0 Å². The average molecular weight is 370 g/mol. The maximum Gasteiger partial charge on any atom is 0.270 e. The van der Waals surface area contributed by atoms with Gasteiger partial charge in [0.05, 0.1) is 18.8 Å². The van der Waals surface area contributed by atoms with Crippen molar-refractivity contribution in [2.75, 3.05) is 11.0 Å². The summed E-state index contributed by atoms with van der Waals surface area (Å²) in [5.74, 6) is -0.271. The minimum atomic E-state index is -3.35. The molecule has 0 unspecified atom stereocenters. The van der Waals surface area contributed by atoms with Gasteiger partial charge in [0, 0.05) is 17.9 Å². The molecule has 0 aliphatic rings. The lowest BCUT2D eigenvalue weighted by atomic mass is 10.2. The Hall–Kier alpha value is -3.13. The second kappa shape index (κ2) is 7.40. The van der Waals surface area contributed by atoms with Crippen LogP contribution in [0.2, 0.25) is 0 Å². The molecule has 0 atom stereocenters. The number of hydrogen-bond acceptors (Lipinski definition) is 4. The smallest absolute Gasteiger partial charge is 0.270 e. The summed E-state index contributed by atoms with van der Waals surface area (Å²) in [4.78, 5) is 16.6. The highest BCUT2D eigenvalue weighted by atomic mass is 32.2. The van der Waals surface area contributed by atoms with Gasteiger partial charge in [0.15, 0.2) is 0 Å². The fourth-order valence-corrected chi connectivity index (χ4v) is 3.04. The molecule has 0 fully saturated rings. The Labute approximate surface area is 151 Å². The Morgan fingerprint density at radius 3 is 2.62 bits per heavy atom. The molecule has 0 aliphatic heterocycles. The molecule has 7 nitrogen and oxygen atoms in total. The molecule has 2 N–H and O–H groups in total. The molecule has 0 aliphatic carbocycles. The normalized spacial score (nSPS) is 11.1. The quantitative estimate of drug-likeness (QED) is 0.695. The van der Waals surface area contributed by atoms with Gasteiger partial charge in [-0.1, -0.05) is 30.3 Å². The van der Waals surface area contributed by atoms with Crippen molar-refractivity contribution in [3.63, 3.8) is 0 Å². The minimum absolute atomic E-state index is 0.262. The van der Waals surface area contributed by atoms with Gasteiger partial charge < -0.3 is 5.32 Å². The summed E-state index contributed by atoms with van der Waals surface area (Å²) >= 11 is 0. The number of aromatic nitrogens is 2. The van der Waals surface area contributed by atoms with E-state index in [0.29, 0.717) is 11.4 Å². The van der Waals surface area contributed by atoms with Gasteiger partial charge in [0.25, 0.3) is 5.91 Å². The van der Waals surface area contributed by atoms with Crippen LogP contribution >= 0.6 is 0 Å². The molecular weight excluding hydrogens is 352 g/mol. The number of para-hydroxylation sites is 1. The molecule has 1 aromatic heterocycles. The average Bonchev–Trinajstić information content (AvgIpc) is 3.09. The van der Waals surface area contributed by atoms with Gasteiger partial charge in [0.1, 0.15) is 5.69 Å². The van der Waals surface area contributed by atoms with Crippen molar-refractivity contribution in [2.24, 2.45) is 0 Å². The third-order valence-corrected chi connectivity index (χ3v) is 4.20. The van der Waals surface area contributed by atoms with E-state index >= 15 is 0 Å². The van der Waals surface area contributed by atoms with Crippen LogP contribution in [0.4, 0.5) is 5.69 Å². The number of anilines is 1. The minimum Gasteiger partial charge on any atom is -0.347 e. The number of carbonyl (C=O) groups is 1. The van der Waals surface area contributed by atoms with Crippen LogP contribution in [0.25, 0.3) is 5.69 Å². The highest BCUT2D eigenvalue weighted by molar-refractivity contribution is 7.92. The summed E-state index contributed by atoms with van der Waals surface area (Å²) in [6, 6.07) is 16.3. The Morgan fingerprint density at radius 2 is 1.88 bits per heavy atom. The molecule has 0 saturated carbocycles. The Kier molecular flexibility index (Phi) is 5.04. The molecule has 26 heavy (non-hydrogen) atoms. The number of nitrogens with one attached hydrogen (secondary N) is 2. The molecular formula is C18H18N4O3S. The second-order valence-electron chi connectivity index (χ2n) is 5.74. The highest BCUT2D eigenvalue weighted by Gasteiger charge is 2.13. The molecule has 134 valence electrons. The first kappa shape index (κ1) is 17.7. The number of rotatable bonds is 6. The zero-order valence-electron chi connectivity index (χ0n) is 14.1. The van der Waals surface area contributed by atoms with Gasteiger partial charge in [-0.25, -0.2) is 13.4 Å². The molecule has 3 rings (SSSR count). The Balaban J connectivity index is 1.71. The van der Waals surface area contributed by atoms with Crippen LogP contribution in [0.1, 0.15) is 16.1 Å². The van der Waals surface area contributed by atoms with Crippen LogP contribution in [-0.4, -0.2) is 30.1 Å². The van der Waals surface area contributed by atoms with Crippen molar-refractivity contribution < 1.29 is 13.2 Å². The number of benzene rings is 2. The lowest BCUT2D eigenvalue weighted by Crippen LogP contribution is -2.25. The Bertz CT molecular complexity index is 1010. The van der Waals surface area contributed by atoms with E-state index in [1.807, 2.05) is 36.4 Å². The van der Waals surface area contributed by atoms with E-state index in [1.54, 1.807) is 29.1 Å². The molecule has 0 radical (unpaired) electrons. The first-order valence-corrected chi connectivity index (χ1v) is 9.74. The highest BCUT2D eigenvalue weighted by Crippen LogP contribution is 2.13. The maximum atomic E-state index is 12.5. The molecule has 2 aromatic carbocycles. The molecule has 1 amide bonds. The number of imidazole rings is 1. The van der Waals surface area contributed by atoms with Crippen molar-refractivity contribution in [1.29, 1.82) is 0 Å². The van der Waals surface area contributed by atoms with Crippen molar-refractivity contribution in [3.05, 3.63) is 78.4 Å². The second-order valence-corrected chi connectivity index (χ2v) is 7.49. The van der Waals surface area contributed by atoms with E-state index in [9.17, 15) is 13.2 Å². The van der Waals surface area contributed by atoms with E-state index in [1.165, 1.54) is 6.20 Å². The van der Waals surface area contributed by atoms with Gasteiger partial charge in [0.2, 0.25) is 10.0 Å². The lowest BCUT2D eigenvalue weighted by molar-refractivity contribution is 0.0944. The summed E-state index contributed by atoms with van der Waals surface area (Å²) in [6.07, 6.45) is 4.18. The third-order valence-electron chi connectivity index (χ3n) is 3.59. The summed E-state index contributed by atoms with van der Waals surface area (Å²) in [7, 11) is -3.35. The van der Waals surface area contributed by atoms with Gasteiger partial charge in [-0.3, -0.25) is 14.1 Å². The van der Waals surface area contributed by atoms with E-state index in [2.05, 4.69) is 15.0 Å². The number of carbonyl (C=O) groups excluding carboxylic acids is 1. The van der Waals surface area contributed by atoms with Gasteiger partial charge in [-0.05, 0) is 29.8 Å². The monoisotopic (exact) mass is 370 g/mol. The fourth-order valence-electron chi connectivity index (χ4n) is 2.49. The summed E-state index contributed by atoms with van der Waals surface area (Å²) < 4.78 is 26.7. The van der Waals surface area contributed by atoms with Gasteiger partial charge in [-0.15, -0.1) is 0 Å². The third kappa shape index (κ3) is 4.48. The first-order chi connectivity index (χ1) is 12.4. The largest absolute Gasteiger partial charge is 0.347 e. The van der Waals surface area contributed by atoms with Gasteiger partial charge >= 0.3 is 0 Å². The first-order valence-electron chi connectivity index (χ1n) is 7.85. The standard InChI is InChI=1S/C18H18N4O3S/c1-26(24,25)21-15-7-5-6-14(10-15)11-20-18(23)17-12-19-13-22(17)16-8-3-2-4-9-16/h2-10,12-13,21H,11H2,1H3,(H,20,23). The van der Waals surface area contributed by atoms with Crippen LogP contribution in [0, 0.1) is 0 Å². The molecule has 0 saturated heterocycles. The van der Waals surface area contributed by atoms with E-state index in [4.69, 9.17) is 0 Å².